The third kappa shape index (κ3) is 1.47. The maximum absolute atomic E-state index is 11.5. The standard InChI is InChI=1S/C14H11ClO3/c1-7-5-12(16)18-14-9(7)3-4-11-13(14)10(6-15)8(2)17-11/h3-5H,6H2,1-2H3. The molecule has 0 N–H and O–H groups in total. The number of hydrogen-bond donors (Lipinski definition) is 0. The first-order valence-corrected chi connectivity index (χ1v) is 6.16. The lowest BCUT2D eigenvalue weighted by Gasteiger charge is -2.01. The Labute approximate surface area is 108 Å². The molecule has 3 nitrogen and oxygen atoms in total. The highest BCUT2D eigenvalue weighted by molar-refractivity contribution is 6.19. The van der Waals surface area contributed by atoms with Crippen LogP contribution in [0, 0.1) is 13.8 Å². The molecule has 0 atom stereocenters. The zero-order valence-electron chi connectivity index (χ0n) is 10.0. The summed E-state index contributed by atoms with van der Waals surface area (Å²) in [6, 6.07) is 5.27. The lowest BCUT2D eigenvalue weighted by molar-refractivity contribution is 0.561. The summed E-state index contributed by atoms with van der Waals surface area (Å²) in [5.74, 6) is 1.09. The van der Waals surface area contributed by atoms with Gasteiger partial charge in [0, 0.05) is 17.0 Å². The van der Waals surface area contributed by atoms with Crippen molar-refractivity contribution >= 4 is 33.5 Å². The van der Waals surface area contributed by atoms with E-state index in [9.17, 15) is 4.79 Å². The van der Waals surface area contributed by atoms with Crippen LogP contribution in [0.25, 0.3) is 21.9 Å². The fourth-order valence-electron chi connectivity index (χ4n) is 2.30. The van der Waals surface area contributed by atoms with Gasteiger partial charge < -0.3 is 8.83 Å². The number of halogens is 1. The van der Waals surface area contributed by atoms with Crippen molar-refractivity contribution in [3.05, 3.63) is 45.5 Å². The summed E-state index contributed by atoms with van der Waals surface area (Å²) in [6.07, 6.45) is 0. The van der Waals surface area contributed by atoms with E-state index in [-0.39, 0.29) is 5.63 Å². The van der Waals surface area contributed by atoms with Crippen molar-refractivity contribution in [2.75, 3.05) is 0 Å². The number of furan rings is 1. The van der Waals surface area contributed by atoms with E-state index in [0.29, 0.717) is 17.0 Å². The Bertz CT molecular complexity index is 811. The van der Waals surface area contributed by atoms with Gasteiger partial charge in [-0.2, -0.15) is 0 Å². The molecule has 0 aliphatic rings. The molecule has 0 radical (unpaired) electrons. The SMILES string of the molecule is Cc1oc2ccc3c(C)cc(=O)oc3c2c1CCl. The van der Waals surface area contributed by atoms with Crippen LogP contribution in [0.1, 0.15) is 16.9 Å². The molecule has 0 aliphatic carbocycles. The van der Waals surface area contributed by atoms with E-state index in [4.69, 9.17) is 20.4 Å². The first kappa shape index (κ1) is 11.4. The van der Waals surface area contributed by atoms with Crippen LogP contribution in [0.15, 0.2) is 31.8 Å². The van der Waals surface area contributed by atoms with E-state index in [1.165, 1.54) is 6.07 Å². The minimum atomic E-state index is -0.355. The molecule has 4 heteroatoms. The Balaban J connectivity index is 2.63. The normalized spacial score (nSPS) is 11.5. The summed E-state index contributed by atoms with van der Waals surface area (Å²) in [7, 11) is 0. The van der Waals surface area contributed by atoms with Crippen molar-refractivity contribution in [3.8, 4) is 0 Å². The lowest BCUT2D eigenvalue weighted by atomic mass is 10.1. The first-order valence-electron chi connectivity index (χ1n) is 5.63. The van der Waals surface area contributed by atoms with Crippen LogP contribution in [0.2, 0.25) is 0 Å². The second-order valence-electron chi connectivity index (χ2n) is 4.33. The predicted molar refractivity (Wildman–Crippen MR) is 71.3 cm³/mol. The van der Waals surface area contributed by atoms with Crippen molar-refractivity contribution < 1.29 is 8.83 Å². The Morgan fingerprint density at radius 3 is 2.72 bits per heavy atom. The molecule has 0 saturated heterocycles. The molecule has 18 heavy (non-hydrogen) atoms. The molecule has 0 aliphatic heterocycles. The van der Waals surface area contributed by atoms with Crippen LogP contribution in [0.4, 0.5) is 0 Å². The Hall–Kier alpha value is -1.74. The van der Waals surface area contributed by atoms with E-state index in [1.807, 2.05) is 26.0 Å². The van der Waals surface area contributed by atoms with Gasteiger partial charge in [0.1, 0.15) is 16.9 Å². The summed E-state index contributed by atoms with van der Waals surface area (Å²) >= 11 is 5.95. The first-order chi connectivity index (χ1) is 8.61. The number of alkyl halides is 1. The highest BCUT2D eigenvalue weighted by atomic mass is 35.5. The largest absolute Gasteiger partial charge is 0.461 e. The topological polar surface area (TPSA) is 43.4 Å². The highest BCUT2D eigenvalue weighted by Crippen LogP contribution is 2.33. The monoisotopic (exact) mass is 262 g/mol. The maximum atomic E-state index is 11.5. The zero-order chi connectivity index (χ0) is 12.9. The molecule has 2 aromatic heterocycles. The van der Waals surface area contributed by atoms with Crippen LogP contribution in [0.5, 0.6) is 0 Å². The smallest absolute Gasteiger partial charge is 0.336 e. The molecule has 0 saturated carbocycles. The van der Waals surface area contributed by atoms with Crippen LogP contribution in [-0.2, 0) is 5.88 Å². The number of fused-ring (bicyclic) bond motifs is 3. The fourth-order valence-corrected chi connectivity index (χ4v) is 2.62. The van der Waals surface area contributed by atoms with Crippen LogP contribution >= 0.6 is 11.6 Å². The van der Waals surface area contributed by atoms with Gasteiger partial charge in [0.15, 0.2) is 0 Å². The number of aryl methyl sites for hydroxylation is 2. The molecule has 0 unspecified atom stereocenters. The highest BCUT2D eigenvalue weighted by Gasteiger charge is 2.16. The van der Waals surface area contributed by atoms with Gasteiger partial charge in [0.25, 0.3) is 0 Å². The van der Waals surface area contributed by atoms with Gasteiger partial charge >= 0.3 is 5.63 Å². The van der Waals surface area contributed by atoms with Gasteiger partial charge in [-0.05, 0) is 31.5 Å². The molecular formula is C14H11ClO3. The minimum absolute atomic E-state index is 0.329. The molecule has 3 rings (SSSR count). The van der Waals surface area contributed by atoms with Crippen molar-refractivity contribution in [1.82, 2.24) is 0 Å². The quantitative estimate of drug-likeness (QED) is 0.493. The van der Waals surface area contributed by atoms with Gasteiger partial charge in [0.05, 0.1) is 11.3 Å². The predicted octanol–water partition coefficient (Wildman–Crippen LogP) is 3.89. The third-order valence-corrected chi connectivity index (χ3v) is 3.47. The molecule has 0 fully saturated rings. The van der Waals surface area contributed by atoms with Gasteiger partial charge in [-0.1, -0.05) is 0 Å². The van der Waals surface area contributed by atoms with Crippen molar-refractivity contribution in [1.29, 1.82) is 0 Å². The Kier molecular flexibility index (Phi) is 2.45. The summed E-state index contributed by atoms with van der Waals surface area (Å²) in [5, 5.41) is 1.72. The average Bonchev–Trinajstić information content (AvgIpc) is 2.64. The molecule has 1 aromatic carbocycles. The molecule has 0 bridgehead atoms. The summed E-state index contributed by atoms with van der Waals surface area (Å²) in [5.41, 5.74) is 2.68. The van der Waals surface area contributed by atoms with Gasteiger partial charge in [0.2, 0.25) is 0 Å². The summed E-state index contributed by atoms with van der Waals surface area (Å²) < 4.78 is 11.0. The van der Waals surface area contributed by atoms with Crippen molar-refractivity contribution in [3.63, 3.8) is 0 Å². The number of rotatable bonds is 1. The molecule has 3 aromatic rings. The summed E-state index contributed by atoms with van der Waals surface area (Å²) in [6.45, 7) is 3.75. The van der Waals surface area contributed by atoms with Crippen LogP contribution < -0.4 is 5.63 Å². The van der Waals surface area contributed by atoms with Gasteiger partial charge in [-0.15, -0.1) is 11.6 Å². The number of benzene rings is 1. The van der Waals surface area contributed by atoms with Crippen molar-refractivity contribution in [2.24, 2.45) is 0 Å². The maximum Gasteiger partial charge on any atom is 0.336 e. The Morgan fingerprint density at radius 1 is 1.22 bits per heavy atom. The van der Waals surface area contributed by atoms with Crippen LogP contribution in [-0.4, -0.2) is 0 Å². The third-order valence-electron chi connectivity index (χ3n) is 3.20. The molecular weight excluding hydrogens is 252 g/mol. The van der Waals surface area contributed by atoms with E-state index in [2.05, 4.69) is 0 Å². The lowest BCUT2D eigenvalue weighted by Crippen LogP contribution is -1.98. The number of hydrogen-bond acceptors (Lipinski definition) is 3. The van der Waals surface area contributed by atoms with Crippen molar-refractivity contribution in [2.45, 2.75) is 19.7 Å². The fraction of sp³-hybridized carbons (Fsp3) is 0.214. The summed E-state index contributed by atoms with van der Waals surface area (Å²) in [4.78, 5) is 11.5. The van der Waals surface area contributed by atoms with E-state index < -0.39 is 0 Å². The van der Waals surface area contributed by atoms with E-state index >= 15 is 0 Å². The Morgan fingerprint density at radius 2 is 2.00 bits per heavy atom. The second kappa shape index (κ2) is 3.89. The molecule has 0 amide bonds. The van der Waals surface area contributed by atoms with Crippen LogP contribution in [0.3, 0.4) is 0 Å². The molecule has 2 heterocycles. The minimum Gasteiger partial charge on any atom is -0.461 e. The molecule has 92 valence electrons. The molecule has 0 spiro atoms. The second-order valence-corrected chi connectivity index (χ2v) is 4.60. The van der Waals surface area contributed by atoms with Gasteiger partial charge in [-0.3, -0.25) is 0 Å². The zero-order valence-corrected chi connectivity index (χ0v) is 10.8. The average molecular weight is 263 g/mol. The van der Waals surface area contributed by atoms with E-state index in [1.54, 1.807) is 0 Å². The van der Waals surface area contributed by atoms with E-state index in [0.717, 1.165) is 27.7 Å². The van der Waals surface area contributed by atoms with Gasteiger partial charge in [-0.25, -0.2) is 4.79 Å².